The second-order valence-corrected chi connectivity index (χ2v) is 7.54. The molecular weight excluding hydrogens is 312 g/mol. The van der Waals surface area contributed by atoms with Crippen LogP contribution in [0.2, 0.25) is 5.02 Å². The molecule has 1 saturated heterocycles. The van der Waals surface area contributed by atoms with E-state index in [4.69, 9.17) is 11.6 Å². The Bertz CT molecular complexity index is 710. The highest BCUT2D eigenvalue weighted by Gasteiger charge is 2.66. The Morgan fingerprint density at radius 2 is 1.74 bits per heavy atom. The Kier molecular flexibility index (Phi) is 2.72. The molecule has 0 spiro atoms. The Morgan fingerprint density at radius 1 is 1.09 bits per heavy atom. The van der Waals surface area contributed by atoms with Crippen molar-refractivity contribution < 1.29 is 9.59 Å². The minimum atomic E-state index is -0.123. The summed E-state index contributed by atoms with van der Waals surface area (Å²) in [6.07, 6.45) is 5.58. The first-order valence-electron chi connectivity index (χ1n) is 8.18. The molecule has 3 fully saturated rings. The number of carbonyl (C=O) groups excluding carboxylic acids is 2. The fraction of sp³-hybridized carbons (Fsp3) is 0.444. The van der Waals surface area contributed by atoms with Crippen molar-refractivity contribution in [2.75, 3.05) is 12.0 Å². The van der Waals surface area contributed by atoms with Gasteiger partial charge in [-0.05, 0) is 48.3 Å². The summed E-state index contributed by atoms with van der Waals surface area (Å²) in [6, 6.07) is 7.31. The summed E-state index contributed by atoms with van der Waals surface area (Å²) >= 11 is 5.97. The summed E-state index contributed by atoms with van der Waals surface area (Å²) in [6.45, 7) is 0.222. The van der Waals surface area contributed by atoms with Crippen LogP contribution in [0.3, 0.4) is 0 Å². The van der Waals surface area contributed by atoms with Crippen LogP contribution in [0.4, 0.5) is 5.69 Å². The summed E-state index contributed by atoms with van der Waals surface area (Å²) in [7, 11) is 0. The van der Waals surface area contributed by atoms with Crippen molar-refractivity contribution in [2.45, 2.75) is 6.42 Å². The van der Waals surface area contributed by atoms with Crippen LogP contribution in [0, 0.1) is 35.5 Å². The lowest BCUT2D eigenvalue weighted by atomic mass is 9.63. The van der Waals surface area contributed by atoms with Gasteiger partial charge in [-0.2, -0.15) is 0 Å². The van der Waals surface area contributed by atoms with Gasteiger partial charge in [0.2, 0.25) is 11.8 Å². The number of allylic oxidation sites excluding steroid dienone is 2. The zero-order valence-electron chi connectivity index (χ0n) is 12.5. The lowest BCUT2D eigenvalue weighted by Crippen LogP contribution is -2.40. The van der Waals surface area contributed by atoms with Crippen molar-refractivity contribution in [1.82, 2.24) is 4.90 Å². The molecule has 118 valence electrons. The first-order chi connectivity index (χ1) is 11.1. The zero-order chi connectivity index (χ0) is 15.7. The number of benzene rings is 1. The largest absolute Gasteiger partial charge is 0.367 e. The standard InChI is InChI=1S/C18H17ClN2O2/c19-9-2-1-3-10(6-9)20-8-21-17(22)15-11-4-5-12(14-7-13(11)14)16(15)18(21)23/h1-6,11-16,20H,7-8H2/t11-,12+,13-,14-,15+,16-/m1/s1. The monoisotopic (exact) mass is 328 g/mol. The molecule has 0 radical (unpaired) electrons. The van der Waals surface area contributed by atoms with E-state index in [1.807, 2.05) is 12.1 Å². The predicted octanol–water partition coefficient (Wildman–Crippen LogP) is 2.76. The smallest absolute Gasteiger partial charge is 0.235 e. The van der Waals surface area contributed by atoms with Crippen molar-refractivity contribution in [3.63, 3.8) is 0 Å². The number of carbonyl (C=O) groups is 2. The molecule has 4 nitrogen and oxygen atoms in total. The number of hydrogen-bond donors (Lipinski definition) is 1. The molecule has 1 aliphatic heterocycles. The van der Waals surface area contributed by atoms with E-state index in [2.05, 4.69) is 17.5 Å². The molecule has 2 amide bonds. The third kappa shape index (κ3) is 1.84. The molecule has 23 heavy (non-hydrogen) atoms. The number of imide groups is 1. The predicted molar refractivity (Wildman–Crippen MR) is 86.5 cm³/mol. The maximum Gasteiger partial charge on any atom is 0.235 e. The van der Waals surface area contributed by atoms with E-state index in [0.29, 0.717) is 16.9 Å². The van der Waals surface area contributed by atoms with E-state index >= 15 is 0 Å². The van der Waals surface area contributed by atoms with E-state index < -0.39 is 0 Å². The Labute approximate surface area is 139 Å². The Hall–Kier alpha value is -1.81. The number of halogens is 1. The van der Waals surface area contributed by atoms with Crippen LogP contribution in [-0.2, 0) is 9.59 Å². The van der Waals surface area contributed by atoms with Crippen molar-refractivity contribution in [3.8, 4) is 0 Å². The molecule has 1 aromatic carbocycles. The van der Waals surface area contributed by atoms with Crippen molar-refractivity contribution in [2.24, 2.45) is 35.5 Å². The summed E-state index contributed by atoms with van der Waals surface area (Å²) in [4.78, 5) is 27.0. The van der Waals surface area contributed by atoms with Gasteiger partial charge in [0, 0.05) is 10.7 Å². The number of nitrogens with zero attached hydrogens (tertiary/aromatic N) is 1. The average molecular weight is 329 g/mol. The van der Waals surface area contributed by atoms with E-state index in [-0.39, 0.29) is 42.2 Å². The van der Waals surface area contributed by atoms with Gasteiger partial charge in [0.1, 0.15) is 0 Å². The SMILES string of the molecule is O=C1[C@@H]2[C@H]3C=C[C@H]([C@H]4C[C@H]34)[C@@H]2C(=O)N1CNc1cccc(Cl)c1. The molecule has 4 aliphatic carbocycles. The zero-order valence-corrected chi connectivity index (χ0v) is 13.2. The summed E-state index contributed by atoms with van der Waals surface area (Å²) in [5, 5.41) is 3.78. The number of hydrogen-bond acceptors (Lipinski definition) is 3. The third-order valence-electron chi connectivity index (χ3n) is 6.02. The quantitative estimate of drug-likeness (QED) is 0.685. The van der Waals surface area contributed by atoms with Gasteiger partial charge in [-0.25, -0.2) is 0 Å². The third-order valence-corrected chi connectivity index (χ3v) is 6.26. The second kappa shape index (κ2) is 4.60. The van der Waals surface area contributed by atoms with Crippen LogP contribution in [0.1, 0.15) is 6.42 Å². The molecule has 1 heterocycles. The maximum atomic E-state index is 12.8. The van der Waals surface area contributed by atoms with Crippen LogP contribution in [0.15, 0.2) is 36.4 Å². The lowest BCUT2D eigenvalue weighted by Gasteiger charge is -2.37. The summed E-state index contributed by atoms with van der Waals surface area (Å²) in [5.41, 5.74) is 0.817. The van der Waals surface area contributed by atoms with Gasteiger partial charge in [0.15, 0.2) is 0 Å². The minimum Gasteiger partial charge on any atom is -0.367 e. The van der Waals surface area contributed by atoms with Crippen LogP contribution in [0.25, 0.3) is 0 Å². The fourth-order valence-corrected chi connectivity index (χ4v) is 5.13. The molecule has 0 aromatic heterocycles. The molecule has 6 atom stereocenters. The second-order valence-electron chi connectivity index (χ2n) is 7.10. The van der Waals surface area contributed by atoms with Gasteiger partial charge in [0.05, 0.1) is 18.5 Å². The Morgan fingerprint density at radius 3 is 2.35 bits per heavy atom. The maximum absolute atomic E-state index is 12.8. The number of anilines is 1. The molecule has 0 unspecified atom stereocenters. The lowest BCUT2D eigenvalue weighted by molar-refractivity contribution is -0.139. The molecule has 1 N–H and O–H groups in total. The highest BCUT2D eigenvalue weighted by molar-refractivity contribution is 6.30. The number of rotatable bonds is 3. The first kappa shape index (κ1) is 13.6. The molecule has 5 aliphatic rings. The fourth-order valence-electron chi connectivity index (χ4n) is 4.94. The van der Waals surface area contributed by atoms with Gasteiger partial charge < -0.3 is 5.32 Å². The number of likely N-dealkylation sites (tertiary alicyclic amines) is 1. The topological polar surface area (TPSA) is 49.4 Å². The molecule has 6 rings (SSSR count). The van der Waals surface area contributed by atoms with Crippen LogP contribution < -0.4 is 5.32 Å². The van der Waals surface area contributed by atoms with E-state index in [0.717, 1.165) is 5.69 Å². The summed E-state index contributed by atoms with van der Waals surface area (Å²) in [5.74, 6) is 1.60. The van der Waals surface area contributed by atoms with Crippen molar-refractivity contribution in [3.05, 3.63) is 41.4 Å². The van der Waals surface area contributed by atoms with E-state index in [1.165, 1.54) is 11.3 Å². The molecular formula is C18H17ClN2O2. The van der Waals surface area contributed by atoms with Gasteiger partial charge in [-0.1, -0.05) is 29.8 Å². The average Bonchev–Trinajstić information content (AvgIpc) is 3.32. The number of amides is 2. The highest BCUT2D eigenvalue weighted by Crippen LogP contribution is 2.65. The first-order valence-corrected chi connectivity index (χ1v) is 8.56. The van der Waals surface area contributed by atoms with Crippen molar-refractivity contribution >= 4 is 29.1 Å². The van der Waals surface area contributed by atoms with E-state index in [1.54, 1.807) is 12.1 Å². The van der Waals surface area contributed by atoms with Crippen LogP contribution in [-0.4, -0.2) is 23.4 Å². The Balaban J connectivity index is 1.37. The highest BCUT2D eigenvalue weighted by atomic mass is 35.5. The number of nitrogens with one attached hydrogen (secondary N) is 1. The molecule has 2 saturated carbocycles. The van der Waals surface area contributed by atoms with E-state index in [9.17, 15) is 9.59 Å². The van der Waals surface area contributed by atoms with Gasteiger partial charge in [-0.15, -0.1) is 0 Å². The van der Waals surface area contributed by atoms with Gasteiger partial charge in [-0.3, -0.25) is 14.5 Å². The normalized spacial score (nSPS) is 39.4. The minimum absolute atomic E-state index is 0.000715. The molecule has 1 aromatic rings. The van der Waals surface area contributed by atoms with Crippen LogP contribution >= 0.6 is 11.6 Å². The molecule has 5 heteroatoms. The molecule has 2 bridgehead atoms. The van der Waals surface area contributed by atoms with Crippen molar-refractivity contribution in [1.29, 1.82) is 0 Å². The van der Waals surface area contributed by atoms with Crippen LogP contribution in [0.5, 0.6) is 0 Å². The summed E-state index contributed by atoms with van der Waals surface area (Å²) < 4.78 is 0. The van der Waals surface area contributed by atoms with Gasteiger partial charge in [0.25, 0.3) is 0 Å². The van der Waals surface area contributed by atoms with Gasteiger partial charge >= 0.3 is 0 Å².